The van der Waals surface area contributed by atoms with Crippen LogP contribution < -0.4 is 10.6 Å². The van der Waals surface area contributed by atoms with Crippen LogP contribution in [0.2, 0.25) is 0 Å². The molecule has 1 atom stereocenters. The van der Waals surface area contributed by atoms with Crippen LogP contribution in [0.1, 0.15) is 29.5 Å². The van der Waals surface area contributed by atoms with Gasteiger partial charge in [0.1, 0.15) is 5.60 Å². The molecule has 2 aromatic carbocycles. The van der Waals surface area contributed by atoms with E-state index in [0.29, 0.717) is 17.7 Å². The second-order valence-electron chi connectivity index (χ2n) is 6.40. The lowest BCUT2D eigenvalue weighted by atomic mass is 9.79. The fourth-order valence-corrected chi connectivity index (χ4v) is 3.26. The Morgan fingerprint density at radius 2 is 1.96 bits per heavy atom. The van der Waals surface area contributed by atoms with Gasteiger partial charge in [-0.05, 0) is 48.6 Å². The first-order valence-corrected chi connectivity index (χ1v) is 8.48. The number of terminal acetylenes is 1. The number of aryl methyl sites for hydroxylation is 1. The molecule has 0 saturated heterocycles. The van der Waals surface area contributed by atoms with E-state index in [2.05, 4.69) is 16.6 Å². The lowest BCUT2D eigenvalue weighted by Gasteiger charge is -2.34. The molecular formula is C21H20N2O3. The summed E-state index contributed by atoms with van der Waals surface area (Å²) >= 11 is 0. The molecule has 26 heavy (non-hydrogen) atoms. The smallest absolute Gasteiger partial charge is 0.313 e. The summed E-state index contributed by atoms with van der Waals surface area (Å²) in [5, 5.41) is 16.0. The van der Waals surface area contributed by atoms with Gasteiger partial charge in [0.2, 0.25) is 0 Å². The Bertz CT molecular complexity index is 885. The summed E-state index contributed by atoms with van der Waals surface area (Å²) in [6.07, 6.45) is 7.59. The Morgan fingerprint density at radius 3 is 2.77 bits per heavy atom. The van der Waals surface area contributed by atoms with Crippen LogP contribution in [-0.4, -0.2) is 23.5 Å². The first kappa shape index (κ1) is 17.7. The van der Waals surface area contributed by atoms with Crippen LogP contribution in [0.25, 0.3) is 0 Å². The van der Waals surface area contributed by atoms with Gasteiger partial charge in [-0.3, -0.25) is 9.59 Å². The molecule has 0 bridgehead atoms. The molecular weight excluding hydrogens is 328 g/mol. The van der Waals surface area contributed by atoms with Gasteiger partial charge < -0.3 is 15.7 Å². The number of aliphatic hydroxyl groups is 1. The summed E-state index contributed by atoms with van der Waals surface area (Å²) in [6.45, 7) is -0.0132. The minimum absolute atomic E-state index is 0.0132. The lowest BCUT2D eigenvalue weighted by Crippen LogP contribution is -2.46. The third-order valence-electron chi connectivity index (χ3n) is 4.59. The Labute approximate surface area is 152 Å². The topological polar surface area (TPSA) is 78.4 Å². The van der Waals surface area contributed by atoms with Crippen molar-refractivity contribution in [1.82, 2.24) is 5.32 Å². The molecule has 2 aromatic rings. The summed E-state index contributed by atoms with van der Waals surface area (Å²) in [6, 6.07) is 14.3. The first-order chi connectivity index (χ1) is 12.5. The van der Waals surface area contributed by atoms with Crippen LogP contribution in [-0.2, 0) is 21.6 Å². The van der Waals surface area contributed by atoms with Crippen LogP contribution in [0.5, 0.6) is 0 Å². The fourth-order valence-electron chi connectivity index (χ4n) is 3.26. The molecule has 1 unspecified atom stereocenters. The predicted octanol–water partition coefficient (Wildman–Crippen LogP) is 1.95. The third kappa shape index (κ3) is 3.76. The molecule has 132 valence electrons. The van der Waals surface area contributed by atoms with Gasteiger partial charge in [-0.15, -0.1) is 6.42 Å². The fraction of sp³-hybridized carbons (Fsp3) is 0.238. The highest BCUT2D eigenvalue weighted by Gasteiger charge is 2.34. The molecule has 5 heteroatoms. The van der Waals surface area contributed by atoms with Gasteiger partial charge in [0.15, 0.2) is 0 Å². The van der Waals surface area contributed by atoms with Gasteiger partial charge >= 0.3 is 11.8 Å². The lowest BCUT2D eigenvalue weighted by molar-refractivity contribution is -0.137. The number of rotatable bonds is 3. The van der Waals surface area contributed by atoms with E-state index < -0.39 is 17.4 Å². The maximum Gasteiger partial charge on any atom is 0.313 e. The maximum absolute atomic E-state index is 12.1. The van der Waals surface area contributed by atoms with E-state index in [1.54, 1.807) is 24.3 Å². The molecule has 0 fully saturated rings. The normalized spacial score (nSPS) is 18.3. The zero-order chi connectivity index (χ0) is 18.6. The molecule has 0 spiro atoms. The number of nitrogens with one attached hydrogen (secondary N) is 2. The Kier molecular flexibility index (Phi) is 5.06. The average Bonchev–Trinajstić information content (AvgIpc) is 2.66. The van der Waals surface area contributed by atoms with Crippen molar-refractivity contribution in [1.29, 1.82) is 0 Å². The highest BCUT2D eigenvalue weighted by Crippen LogP contribution is 2.34. The Morgan fingerprint density at radius 1 is 1.15 bits per heavy atom. The maximum atomic E-state index is 12.1. The highest BCUT2D eigenvalue weighted by molar-refractivity contribution is 6.39. The molecule has 3 N–H and O–H groups in total. The zero-order valence-electron chi connectivity index (χ0n) is 14.3. The molecule has 0 heterocycles. The SMILES string of the molecule is C#Cc1cccc(NC(=O)C(=O)NCC2(O)CCCc3ccccc32)c1. The largest absolute Gasteiger partial charge is 0.383 e. The van der Waals surface area contributed by atoms with Crippen molar-refractivity contribution in [2.24, 2.45) is 0 Å². The minimum Gasteiger partial charge on any atom is -0.383 e. The van der Waals surface area contributed by atoms with E-state index in [4.69, 9.17) is 6.42 Å². The highest BCUT2D eigenvalue weighted by atomic mass is 16.3. The number of hydrogen-bond acceptors (Lipinski definition) is 3. The van der Waals surface area contributed by atoms with Crippen LogP contribution >= 0.6 is 0 Å². The Balaban J connectivity index is 1.64. The number of benzene rings is 2. The first-order valence-electron chi connectivity index (χ1n) is 8.48. The van der Waals surface area contributed by atoms with E-state index in [1.165, 1.54) is 0 Å². The van der Waals surface area contributed by atoms with Gasteiger partial charge in [-0.2, -0.15) is 0 Å². The number of hydrogen-bond donors (Lipinski definition) is 3. The molecule has 1 aliphatic carbocycles. The predicted molar refractivity (Wildman–Crippen MR) is 99.3 cm³/mol. The molecule has 1 aliphatic rings. The van der Waals surface area contributed by atoms with Gasteiger partial charge in [0.05, 0.1) is 6.54 Å². The van der Waals surface area contributed by atoms with Crippen molar-refractivity contribution >= 4 is 17.5 Å². The summed E-state index contributed by atoms with van der Waals surface area (Å²) in [7, 11) is 0. The molecule has 0 aromatic heterocycles. The molecule has 2 amide bonds. The quantitative estimate of drug-likeness (QED) is 0.586. The second-order valence-corrected chi connectivity index (χ2v) is 6.40. The van der Waals surface area contributed by atoms with Crippen LogP contribution in [0.15, 0.2) is 48.5 Å². The Hall–Kier alpha value is -3.10. The zero-order valence-corrected chi connectivity index (χ0v) is 14.3. The summed E-state index contributed by atoms with van der Waals surface area (Å²) in [5.41, 5.74) is 1.78. The van der Waals surface area contributed by atoms with Crippen molar-refractivity contribution in [3.05, 3.63) is 65.2 Å². The van der Waals surface area contributed by atoms with Crippen molar-refractivity contribution in [3.8, 4) is 12.3 Å². The van der Waals surface area contributed by atoms with Gasteiger partial charge in [0.25, 0.3) is 0 Å². The monoisotopic (exact) mass is 348 g/mol. The summed E-state index contributed by atoms with van der Waals surface area (Å²) in [4.78, 5) is 24.2. The molecule has 3 rings (SSSR count). The van der Waals surface area contributed by atoms with E-state index in [9.17, 15) is 14.7 Å². The molecule has 5 nitrogen and oxygen atoms in total. The van der Waals surface area contributed by atoms with Crippen molar-refractivity contribution < 1.29 is 14.7 Å². The number of carbonyl (C=O) groups excluding carboxylic acids is 2. The number of amides is 2. The van der Waals surface area contributed by atoms with Crippen LogP contribution in [0.4, 0.5) is 5.69 Å². The van der Waals surface area contributed by atoms with Crippen molar-refractivity contribution in [2.45, 2.75) is 24.9 Å². The van der Waals surface area contributed by atoms with Gasteiger partial charge in [0, 0.05) is 11.3 Å². The minimum atomic E-state index is -1.16. The summed E-state index contributed by atoms with van der Waals surface area (Å²) in [5.74, 6) is 0.870. The second kappa shape index (κ2) is 7.42. The number of carbonyl (C=O) groups is 2. The van der Waals surface area contributed by atoms with E-state index in [1.807, 2.05) is 24.3 Å². The molecule has 0 saturated carbocycles. The van der Waals surface area contributed by atoms with Crippen molar-refractivity contribution in [2.75, 3.05) is 11.9 Å². The van der Waals surface area contributed by atoms with Gasteiger partial charge in [-0.25, -0.2) is 0 Å². The summed E-state index contributed by atoms with van der Waals surface area (Å²) < 4.78 is 0. The molecule has 0 aliphatic heterocycles. The van der Waals surface area contributed by atoms with E-state index in [0.717, 1.165) is 24.0 Å². The van der Waals surface area contributed by atoms with Crippen LogP contribution in [0.3, 0.4) is 0 Å². The average molecular weight is 348 g/mol. The van der Waals surface area contributed by atoms with Gasteiger partial charge in [-0.1, -0.05) is 36.3 Å². The number of anilines is 1. The third-order valence-corrected chi connectivity index (χ3v) is 4.59. The molecule has 0 radical (unpaired) electrons. The van der Waals surface area contributed by atoms with Crippen LogP contribution in [0, 0.1) is 12.3 Å². The number of fused-ring (bicyclic) bond motifs is 1. The van der Waals surface area contributed by atoms with Crippen molar-refractivity contribution in [3.63, 3.8) is 0 Å². The standard InChI is InChI=1S/C21H20N2O3/c1-2-15-7-5-10-17(13-15)23-20(25)19(24)22-14-21(26)12-6-9-16-8-3-4-11-18(16)21/h1,3-5,7-8,10-11,13,26H,6,9,12,14H2,(H,22,24)(H,23,25). The van der Waals surface area contributed by atoms with E-state index in [-0.39, 0.29) is 6.54 Å². The van der Waals surface area contributed by atoms with E-state index >= 15 is 0 Å².